The van der Waals surface area contributed by atoms with Gasteiger partial charge < -0.3 is 16.0 Å². The number of carbonyl (C=O) groups is 1. The third kappa shape index (κ3) is 5.10. The Labute approximate surface area is 249 Å². The number of amides is 2. The molecule has 177 valence electrons. The zero-order valence-corrected chi connectivity index (χ0v) is 23.7. The van der Waals surface area contributed by atoms with Crippen LogP contribution in [-0.4, -0.2) is 82.4 Å². The van der Waals surface area contributed by atoms with Crippen molar-refractivity contribution in [3.05, 3.63) is 79.5 Å². The second kappa shape index (κ2) is 10.5. The predicted octanol–water partition coefficient (Wildman–Crippen LogP) is 2.47. The fourth-order valence-electron chi connectivity index (χ4n) is 3.31. The van der Waals surface area contributed by atoms with E-state index in [1.165, 1.54) is 49.5 Å². The number of nitrogens with two attached hydrogens (primary N) is 1. The molecular formula is C20H15ClFKN5O5S2. The fourth-order valence-corrected chi connectivity index (χ4v) is 6.20. The average Bonchev–Trinajstić information content (AvgIpc) is 3.22. The minimum absolute atomic E-state index is 0. The Morgan fingerprint density at radius 1 is 1.17 bits per heavy atom. The van der Waals surface area contributed by atoms with E-state index in [0.717, 1.165) is 22.0 Å². The van der Waals surface area contributed by atoms with Gasteiger partial charge in [0.2, 0.25) is 0 Å². The van der Waals surface area contributed by atoms with Crippen LogP contribution in [0.15, 0.2) is 62.3 Å². The molecule has 0 bridgehead atoms. The first-order valence-electron chi connectivity index (χ1n) is 9.41. The van der Waals surface area contributed by atoms with Crippen LogP contribution in [-0.2, 0) is 10.0 Å². The van der Waals surface area contributed by atoms with Crippen LogP contribution < -0.4 is 26.6 Å². The zero-order chi connectivity index (χ0) is 24.8. The smallest absolute Gasteiger partial charge is 0.333 e. The van der Waals surface area contributed by atoms with Gasteiger partial charge in [0.1, 0.15) is 10.0 Å². The van der Waals surface area contributed by atoms with Gasteiger partial charge in [0.15, 0.2) is 0 Å². The zero-order valence-electron chi connectivity index (χ0n) is 18.2. The molecule has 0 saturated heterocycles. The van der Waals surface area contributed by atoms with E-state index in [2.05, 4.69) is 10.3 Å². The quantitative estimate of drug-likeness (QED) is 0.318. The van der Waals surface area contributed by atoms with Gasteiger partial charge in [0.25, 0.3) is 15.6 Å². The van der Waals surface area contributed by atoms with Crippen LogP contribution >= 0.6 is 22.9 Å². The maximum absolute atomic E-state index is 14.2. The first-order valence-corrected chi connectivity index (χ1v) is 12.0. The van der Waals surface area contributed by atoms with Gasteiger partial charge in [-0.25, -0.2) is 18.5 Å². The number of thiophene rings is 1. The molecule has 10 nitrogen and oxygen atoms in total. The molecule has 2 heterocycles. The Balaban J connectivity index is 0.00000342. The number of nitrogens with one attached hydrogen (secondary N) is 2. The van der Waals surface area contributed by atoms with Gasteiger partial charge in [-0.1, -0.05) is 11.6 Å². The topological polar surface area (TPSA) is 147 Å². The van der Waals surface area contributed by atoms with Crippen LogP contribution in [0, 0.1) is 5.82 Å². The number of nitrogens with zero attached hydrogens (tertiary/aromatic N) is 2. The Hall–Kier alpha value is -2.04. The SMILES string of the molecule is CNc1cc2[nH]c(=O)n(-c3ccc(N(C(N)=O)S(=O)(=O)c4ccc(Cl)s4)cc3)c(=O)c2cc1F.[K]. The number of primary amides is 1. The summed E-state index contributed by atoms with van der Waals surface area (Å²) in [5.41, 5.74) is 3.89. The van der Waals surface area contributed by atoms with Crippen molar-refractivity contribution in [3.63, 3.8) is 0 Å². The van der Waals surface area contributed by atoms with Crippen molar-refractivity contribution in [2.45, 2.75) is 4.21 Å². The molecule has 4 rings (SSSR count). The van der Waals surface area contributed by atoms with Crippen molar-refractivity contribution in [2.75, 3.05) is 16.7 Å². The molecule has 2 aromatic heterocycles. The van der Waals surface area contributed by atoms with Crippen LogP contribution in [0.4, 0.5) is 20.6 Å². The largest absolute Gasteiger partial charge is 0.386 e. The molecule has 15 heteroatoms. The summed E-state index contributed by atoms with van der Waals surface area (Å²) in [7, 11) is -2.86. The van der Waals surface area contributed by atoms with Crippen molar-refractivity contribution in [1.29, 1.82) is 0 Å². The maximum atomic E-state index is 14.2. The summed E-state index contributed by atoms with van der Waals surface area (Å²) >= 11 is 6.56. The molecule has 0 atom stereocenters. The summed E-state index contributed by atoms with van der Waals surface area (Å²) in [6.07, 6.45) is 0. The average molecular weight is 563 g/mol. The van der Waals surface area contributed by atoms with Crippen molar-refractivity contribution in [2.24, 2.45) is 5.73 Å². The minimum Gasteiger partial charge on any atom is -0.386 e. The van der Waals surface area contributed by atoms with Crippen LogP contribution in [0.1, 0.15) is 0 Å². The molecule has 4 N–H and O–H groups in total. The second-order valence-corrected chi connectivity index (χ2v) is 10.6. The van der Waals surface area contributed by atoms with E-state index in [1.807, 2.05) is 0 Å². The normalized spacial score (nSPS) is 11.2. The standard InChI is InChI=1S/C20H15ClFN5O5S2.K/c1-24-15-9-14-12(8-13(15)22)18(28)26(20(30)25-14)10-2-4-11(5-3-10)27(19(23)29)34(31,32)17-7-6-16(21)33-17;/h2-9,24H,1H3,(H2,23,29)(H,25,30);. The summed E-state index contributed by atoms with van der Waals surface area (Å²) in [5.74, 6) is -0.683. The number of aromatic amines is 1. The predicted molar refractivity (Wildman–Crippen MR) is 134 cm³/mol. The number of rotatable bonds is 5. The third-order valence-electron chi connectivity index (χ3n) is 4.84. The van der Waals surface area contributed by atoms with Crippen molar-refractivity contribution in [3.8, 4) is 5.69 Å². The monoisotopic (exact) mass is 562 g/mol. The molecule has 2 amide bonds. The molecule has 2 aromatic carbocycles. The number of fused-ring (bicyclic) bond motifs is 1. The van der Waals surface area contributed by atoms with E-state index in [9.17, 15) is 27.2 Å². The molecule has 1 radical (unpaired) electrons. The molecule has 0 aliphatic carbocycles. The van der Waals surface area contributed by atoms with Gasteiger partial charge in [-0.3, -0.25) is 4.79 Å². The first kappa shape index (κ1) is 27.5. The Morgan fingerprint density at radius 2 is 1.83 bits per heavy atom. The number of carbonyl (C=O) groups excluding carboxylic acids is 1. The number of benzene rings is 2. The van der Waals surface area contributed by atoms with E-state index in [0.29, 0.717) is 4.31 Å². The van der Waals surface area contributed by atoms with Crippen LogP contribution in [0.2, 0.25) is 4.34 Å². The van der Waals surface area contributed by atoms with Gasteiger partial charge in [0, 0.05) is 58.4 Å². The summed E-state index contributed by atoms with van der Waals surface area (Å²) < 4.78 is 41.1. The van der Waals surface area contributed by atoms with Crippen LogP contribution in [0.5, 0.6) is 0 Å². The Morgan fingerprint density at radius 3 is 2.37 bits per heavy atom. The first-order chi connectivity index (χ1) is 16.0. The number of anilines is 2. The number of hydrogen-bond donors (Lipinski definition) is 3. The van der Waals surface area contributed by atoms with E-state index < -0.39 is 33.1 Å². The van der Waals surface area contributed by atoms with E-state index in [4.69, 9.17) is 17.3 Å². The Kier molecular flexibility index (Phi) is 8.28. The number of halogens is 2. The molecule has 4 aromatic rings. The molecule has 0 aliphatic rings. The molecule has 0 fully saturated rings. The van der Waals surface area contributed by atoms with Crippen molar-refractivity contribution < 1.29 is 17.6 Å². The van der Waals surface area contributed by atoms with Crippen LogP contribution in [0.3, 0.4) is 0 Å². The van der Waals surface area contributed by atoms with Crippen LogP contribution in [0.25, 0.3) is 16.6 Å². The fraction of sp³-hybridized carbons (Fsp3) is 0.0500. The molecule has 0 saturated carbocycles. The third-order valence-corrected chi connectivity index (χ3v) is 8.26. The van der Waals surface area contributed by atoms with E-state index in [1.54, 1.807) is 0 Å². The van der Waals surface area contributed by atoms with Gasteiger partial charge in [0.05, 0.1) is 32.3 Å². The number of urea groups is 1. The number of sulfonamides is 1. The summed E-state index contributed by atoms with van der Waals surface area (Å²) in [4.78, 5) is 40.1. The molecular weight excluding hydrogens is 548 g/mol. The van der Waals surface area contributed by atoms with E-state index in [-0.39, 0.29) is 87.9 Å². The summed E-state index contributed by atoms with van der Waals surface area (Å²) in [5, 5.41) is 2.55. The van der Waals surface area contributed by atoms with E-state index >= 15 is 0 Å². The molecule has 0 aliphatic heterocycles. The van der Waals surface area contributed by atoms with Gasteiger partial charge >= 0.3 is 11.7 Å². The molecule has 0 unspecified atom stereocenters. The summed E-state index contributed by atoms with van der Waals surface area (Å²) in [6, 6.07) is 8.54. The Bertz CT molecular complexity index is 1670. The van der Waals surface area contributed by atoms with Crippen molar-refractivity contribution in [1.82, 2.24) is 9.55 Å². The molecule has 35 heavy (non-hydrogen) atoms. The minimum atomic E-state index is -4.36. The van der Waals surface area contributed by atoms with Crippen molar-refractivity contribution >= 4 is 113 Å². The number of H-pyrrole nitrogens is 1. The van der Waals surface area contributed by atoms with Gasteiger partial charge in [-0.2, -0.15) is 12.7 Å². The number of aromatic nitrogens is 2. The second-order valence-electron chi connectivity index (χ2n) is 6.88. The maximum Gasteiger partial charge on any atom is 0.333 e. The van der Waals surface area contributed by atoms with Gasteiger partial charge in [-0.05, 0) is 48.5 Å². The van der Waals surface area contributed by atoms with Gasteiger partial charge in [-0.15, -0.1) is 11.3 Å². The number of hydrogen-bond acceptors (Lipinski definition) is 7. The molecule has 0 spiro atoms. The summed E-state index contributed by atoms with van der Waals surface area (Å²) in [6.45, 7) is 0.